The number of rotatable bonds is 5. The van der Waals surface area contributed by atoms with E-state index in [1.54, 1.807) is 13.3 Å². The zero-order valence-electron chi connectivity index (χ0n) is 16.9. The maximum atomic E-state index is 13.1. The first-order valence-electron chi connectivity index (χ1n) is 9.47. The van der Waals surface area contributed by atoms with Gasteiger partial charge in [0, 0.05) is 5.39 Å². The third-order valence-electron chi connectivity index (χ3n) is 4.94. The lowest BCUT2D eigenvalue weighted by molar-refractivity contribution is 0.102. The molecule has 4 rings (SSSR count). The molecule has 2 heterocycles. The lowest BCUT2D eigenvalue weighted by Crippen LogP contribution is -2.16. The van der Waals surface area contributed by atoms with Crippen LogP contribution in [-0.4, -0.2) is 33.0 Å². The number of hydrogen-bond acceptors (Lipinski definition) is 4. The van der Waals surface area contributed by atoms with Gasteiger partial charge in [0.25, 0.3) is 5.91 Å². The first-order valence-corrected chi connectivity index (χ1v) is 9.47. The maximum Gasteiger partial charge on any atom is 0.260 e. The number of H-pyrrole nitrogens is 1. The van der Waals surface area contributed by atoms with Crippen LogP contribution < -0.4 is 10.1 Å². The van der Waals surface area contributed by atoms with E-state index in [1.807, 2.05) is 54.1 Å². The van der Waals surface area contributed by atoms with Gasteiger partial charge >= 0.3 is 0 Å². The maximum absolute atomic E-state index is 13.1. The number of aromatic amines is 1. The van der Waals surface area contributed by atoms with E-state index in [0.29, 0.717) is 17.1 Å². The molecule has 0 aliphatic carbocycles. The number of anilines is 1. The number of aromatic nitrogens is 4. The zero-order chi connectivity index (χ0) is 20.5. The molecule has 0 fully saturated rings. The quantitative estimate of drug-likeness (QED) is 0.528. The predicted molar refractivity (Wildman–Crippen MR) is 113 cm³/mol. The molecular formula is C22H23N5O2. The van der Waals surface area contributed by atoms with Crippen molar-refractivity contribution < 1.29 is 9.53 Å². The minimum absolute atomic E-state index is 0.105. The van der Waals surface area contributed by atoms with Crippen LogP contribution in [0.1, 0.15) is 41.4 Å². The van der Waals surface area contributed by atoms with Crippen molar-refractivity contribution in [1.29, 1.82) is 0 Å². The molecule has 0 radical (unpaired) electrons. The van der Waals surface area contributed by atoms with Crippen LogP contribution in [0.15, 0.2) is 48.7 Å². The van der Waals surface area contributed by atoms with Crippen molar-refractivity contribution in [3.63, 3.8) is 0 Å². The molecule has 0 aliphatic rings. The highest BCUT2D eigenvalue weighted by Crippen LogP contribution is 2.28. The summed E-state index contributed by atoms with van der Waals surface area (Å²) in [6.45, 7) is 6.14. The summed E-state index contributed by atoms with van der Waals surface area (Å²) in [6.07, 6.45) is 1.62. The summed E-state index contributed by atoms with van der Waals surface area (Å²) >= 11 is 0. The van der Waals surface area contributed by atoms with Gasteiger partial charge in [-0.3, -0.25) is 9.89 Å². The second kappa shape index (κ2) is 7.43. The molecule has 29 heavy (non-hydrogen) atoms. The molecule has 0 bridgehead atoms. The fourth-order valence-corrected chi connectivity index (χ4v) is 3.47. The molecular weight excluding hydrogens is 366 g/mol. The van der Waals surface area contributed by atoms with E-state index in [0.717, 1.165) is 27.8 Å². The van der Waals surface area contributed by atoms with Crippen molar-refractivity contribution in [2.24, 2.45) is 0 Å². The number of para-hydroxylation sites is 1. The van der Waals surface area contributed by atoms with Gasteiger partial charge in [-0.2, -0.15) is 10.2 Å². The second-order valence-electron chi connectivity index (χ2n) is 7.23. The van der Waals surface area contributed by atoms with Gasteiger partial charge in [-0.25, -0.2) is 4.68 Å². The van der Waals surface area contributed by atoms with Gasteiger partial charge in [-0.05, 0) is 42.7 Å². The first kappa shape index (κ1) is 18.7. The Hall–Kier alpha value is -3.61. The summed E-state index contributed by atoms with van der Waals surface area (Å²) in [5.41, 5.74) is 4.26. The van der Waals surface area contributed by atoms with Gasteiger partial charge in [0.15, 0.2) is 5.82 Å². The smallest absolute Gasteiger partial charge is 0.260 e. The molecule has 7 nitrogen and oxygen atoms in total. The SMILES string of the molecule is COc1ccc2[nH]nc(NC(=O)c3cnn(-c4ccccc4C)c3C(C)C)c2c1. The average molecular weight is 389 g/mol. The molecule has 1 amide bonds. The Morgan fingerprint density at radius 2 is 2.00 bits per heavy atom. The number of benzene rings is 2. The topological polar surface area (TPSA) is 84.8 Å². The lowest BCUT2D eigenvalue weighted by atomic mass is 10.0. The highest BCUT2D eigenvalue weighted by Gasteiger charge is 2.22. The van der Waals surface area contributed by atoms with Gasteiger partial charge in [-0.15, -0.1) is 0 Å². The molecule has 2 aromatic carbocycles. The number of ether oxygens (including phenoxy) is 1. The fraction of sp³-hybridized carbons (Fsp3) is 0.227. The normalized spacial score (nSPS) is 11.2. The van der Waals surface area contributed by atoms with Crippen molar-refractivity contribution in [3.05, 3.63) is 65.5 Å². The summed E-state index contributed by atoms with van der Waals surface area (Å²) in [4.78, 5) is 13.1. The summed E-state index contributed by atoms with van der Waals surface area (Å²) in [6, 6.07) is 13.5. The number of nitrogens with zero attached hydrogens (tertiary/aromatic N) is 3. The Labute approximate surface area is 168 Å². The molecule has 0 saturated carbocycles. The van der Waals surface area contributed by atoms with Crippen LogP contribution in [0, 0.1) is 6.92 Å². The molecule has 0 unspecified atom stereocenters. The minimum Gasteiger partial charge on any atom is -0.497 e. The number of nitrogens with one attached hydrogen (secondary N) is 2. The Morgan fingerprint density at radius 3 is 2.72 bits per heavy atom. The van der Waals surface area contributed by atoms with Crippen LogP contribution in [0.3, 0.4) is 0 Å². The summed E-state index contributed by atoms with van der Waals surface area (Å²) in [5, 5.41) is 15.4. The number of aryl methyl sites for hydroxylation is 1. The number of carbonyl (C=O) groups is 1. The zero-order valence-corrected chi connectivity index (χ0v) is 16.9. The van der Waals surface area contributed by atoms with Crippen molar-refractivity contribution in [3.8, 4) is 11.4 Å². The van der Waals surface area contributed by atoms with Crippen LogP contribution >= 0.6 is 0 Å². The standard InChI is InChI=1S/C22H23N5O2/c1-13(2)20-17(12-23-27(20)19-8-6-5-7-14(19)3)22(28)24-21-16-11-15(29-4)9-10-18(16)25-26-21/h5-13H,1-4H3,(H2,24,25,26,28). The molecule has 0 aliphatic heterocycles. The number of carbonyl (C=O) groups excluding carboxylic acids is 1. The van der Waals surface area contributed by atoms with E-state index >= 15 is 0 Å². The summed E-state index contributed by atoms with van der Waals surface area (Å²) < 4.78 is 7.13. The van der Waals surface area contributed by atoms with Gasteiger partial charge < -0.3 is 10.1 Å². The molecule has 148 valence electrons. The van der Waals surface area contributed by atoms with Crippen molar-refractivity contribution >= 4 is 22.6 Å². The van der Waals surface area contributed by atoms with E-state index in [2.05, 4.69) is 34.5 Å². The summed E-state index contributed by atoms with van der Waals surface area (Å²) in [5.74, 6) is 1.02. The van der Waals surface area contributed by atoms with E-state index in [9.17, 15) is 4.79 Å². The van der Waals surface area contributed by atoms with Crippen LogP contribution in [-0.2, 0) is 0 Å². The summed E-state index contributed by atoms with van der Waals surface area (Å²) in [7, 11) is 1.61. The number of methoxy groups -OCH3 is 1. The van der Waals surface area contributed by atoms with Gasteiger partial charge in [0.05, 0.1) is 35.8 Å². The fourth-order valence-electron chi connectivity index (χ4n) is 3.47. The van der Waals surface area contributed by atoms with Gasteiger partial charge in [0.1, 0.15) is 5.75 Å². The molecule has 7 heteroatoms. The molecule has 2 aromatic heterocycles. The molecule has 0 atom stereocenters. The van der Waals surface area contributed by atoms with Crippen LogP contribution in [0.4, 0.5) is 5.82 Å². The van der Waals surface area contributed by atoms with Crippen LogP contribution in [0.5, 0.6) is 5.75 Å². The van der Waals surface area contributed by atoms with Gasteiger partial charge in [-0.1, -0.05) is 32.0 Å². The van der Waals surface area contributed by atoms with E-state index in [-0.39, 0.29) is 11.8 Å². The van der Waals surface area contributed by atoms with E-state index in [1.165, 1.54) is 0 Å². The van der Waals surface area contributed by atoms with Crippen LogP contribution in [0.2, 0.25) is 0 Å². The van der Waals surface area contributed by atoms with Crippen LogP contribution in [0.25, 0.3) is 16.6 Å². The van der Waals surface area contributed by atoms with Gasteiger partial charge in [0.2, 0.25) is 0 Å². The highest BCUT2D eigenvalue weighted by molar-refractivity contribution is 6.08. The Kier molecular flexibility index (Phi) is 4.80. The van der Waals surface area contributed by atoms with Crippen molar-refractivity contribution in [1.82, 2.24) is 20.0 Å². The second-order valence-corrected chi connectivity index (χ2v) is 7.23. The molecule has 0 spiro atoms. The van der Waals surface area contributed by atoms with E-state index in [4.69, 9.17) is 4.74 Å². The lowest BCUT2D eigenvalue weighted by Gasteiger charge is -2.14. The Bertz CT molecular complexity index is 1190. The van der Waals surface area contributed by atoms with E-state index < -0.39 is 0 Å². The molecule has 4 aromatic rings. The number of fused-ring (bicyclic) bond motifs is 1. The third-order valence-corrected chi connectivity index (χ3v) is 4.94. The minimum atomic E-state index is -0.246. The Balaban J connectivity index is 1.72. The Morgan fingerprint density at radius 1 is 1.21 bits per heavy atom. The largest absolute Gasteiger partial charge is 0.497 e. The highest BCUT2D eigenvalue weighted by atomic mass is 16.5. The first-order chi connectivity index (χ1) is 14.0. The average Bonchev–Trinajstić information content (AvgIpc) is 3.32. The monoisotopic (exact) mass is 389 g/mol. The third kappa shape index (κ3) is 3.35. The predicted octanol–water partition coefficient (Wildman–Crippen LogP) is 4.44. The molecule has 2 N–H and O–H groups in total. The molecule has 0 saturated heterocycles. The number of hydrogen-bond donors (Lipinski definition) is 2. The van der Waals surface area contributed by atoms with Crippen molar-refractivity contribution in [2.75, 3.05) is 12.4 Å². The van der Waals surface area contributed by atoms with Crippen molar-refractivity contribution in [2.45, 2.75) is 26.7 Å². The number of amides is 1.